The molecule has 1 N–H and O–H groups in total. The third kappa shape index (κ3) is 2.87. The second kappa shape index (κ2) is 5.57. The highest BCUT2D eigenvalue weighted by atomic mass is 32.1. The molecular formula is C14H19N3OS. The molecule has 5 heteroatoms. The van der Waals surface area contributed by atoms with Gasteiger partial charge in [0.25, 0.3) is 0 Å². The monoisotopic (exact) mass is 277 g/mol. The molecule has 2 aromatic rings. The summed E-state index contributed by atoms with van der Waals surface area (Å²) in [6.45, 7) is 8.97. The van der Waals surface area contributed by atoms with E-state index >= 15 is 0 Å². The normalized spacial score (nSPS) is 12.4. The van der Waals surface area contributed by atoms with Gasteiger partial charge in [0, 0.05) is 6.54 Å². The first-order valence-electron chi connectivity index (χ1n) is 6.42. The van der Waals surface area contributed by atoms with E-state index in [1.54, 1.807) is 0 Å². The predicted molar refractivity (Wildman–Crippen MR) is 78.0 cm³/mol. The van der Waals surface area contributed by atoms with Gasteiger partial charge in [0.1, 0.15) is 5.75 Å². The van der Waals surface area contributed by atoms with Crippen LogP contribution in [0, 0.1) is 18.6 Å². The van der Waals surface area contributed by atoms with E-state index < -0.39 is 0 Å². The molecule has 1 atom stereocenters. The molecule has 0 saturated carbocycles. The van der Waals surface area contributed by atoms with Crippen molar-refractivity contribution in [1.82, 2.24) is 14.8 Å². The molecule has 2 rings (SSSR count). The number of rotatable bonds is 4. The van der Waals surface area contributed by atoms with E-state index in [0.29, 0.717) is 4.77 Å². The van der Waals surface area contributed by atoms with E-state index in [0.717, 1.165) is 18.1 Å². The minimum absolute atomic E-state index is 0.144. The van der Waals surface area contributed by atoms with Crippen LogP contribution < -0.4 is 4.74 Å². The average Bonchev–Trinajstić information content (AvgIpc) is 2.75. The van der Waals surface area contributed by atoms with Gasteiger partial charge in [0.2, 0.25) is 0 Å². The lowest BCUT2D eigenvalue weighted by atomic mass is 10.1. The lowest BCUT2D eigenvalue weighted by molar-refractivity contribution is 0.210. The van der Waals surface area contributed by atoms with Gasteiger partial charge in [-0.25, -0.2) is 0 Å². The van der Waals surface area contributed by atoms with Crippen LogP contribution in [0.15, 0.2) is 18.2 Å². The minimum Gasteiger partial charge on any atom is -0.483 e. The van der Waals surface area contributed by atoms with Crippen molar-refractivity contribution < 1.29 is 4.74 Å². The van der Waals surface area contributed by atoms with Gasteiger partial charge >= 0.3 is 0 Å². The zero-order valence-corrected chi connectivity index (χ0v) is 12.5. The molecule has 0 saturated heterocycles. The zero-order valence-electron chi connectivity index (χ0n) is 11.7. The summed E-state index contributed by atoms with van der Waals surface area (Å²) in [4.78, 5) is 0. The van der Waals surface area contributed by atoms with Crippen molar-refractivity contribution >= 4 is 12.2 Å². The Labute approximate surface area is 118 Å². The summed E-state index contributed by atoms with van der Waals surface area (Å²) in [5.41, 5.74) is 2.48. The van der Waals surface area contributed by atoms with Gasteiger partial charge in [-0.05, 0) is 63.2 Å². The van der Waals surface area contributed by atoms with Gasteiger partial charge < -0.3 is 9.30 Å². The molecule has 0 fully saturated rings. The zero-order chi connectivity index (χ0) is 14.0. The first-order chi connectivity index (χ1) is 9.02. The van der Waals surface area contributed by atoms with E-state index in [4.69, 9.17) is 17.0 Å². The minimum atomic E-state index is -0.144. The lowest BCUT2D eigenvalue weighted by Gasteiger charge is -2.15. The summed E-state index contributed by atoms with van der Waals surface area (Å²) in [5.74, 6) is 1.68. The summed E-state index contributed by atoms with van der Waals surface area (Å²) >= 11 is 5.18. The summed E-state index contributed by atoms with van der Waals surface area (Å²) in [7, 11) is 0. The fourth-order valence-electron chi connectivity index (χ4n) is 1.99. The Morgan fingerprint density at radius 3 is 2.74 bits per heavy atom. The molecule has 0 aliphatic heterocycles. The Morgan fingerprint density at radius 1 is 1.37 bits per heavy atom. The van der Waals surface area contributed by atoms with Gasteiger partial charge in [0.15, 0.2) is 16.7 Å². The Kier molecular flexibility index (Phi) is 4.04. The summed E-state index contributed by atoms with van der Waals surface area (Å²) < 4.78 is 8.52. The number of hydrogen-bond donors (Lipinski definition) is 1. The van der Waals surface area contributed by atoms with Crippen molar-refractivity contribution in [2.24, 2.45) is 0 Å². The van der Waals surface area contributed by atoms with Gasteiger partial charge in [-0.15, -0.1) is 0 Å². The standard InChI is InChI=1S/C14H19N3OS/c1-5-17-13(15-16-14(17)19)11(4)18-12-7-6-9(2)10(3)8-12/h6-8,11H,5H2,1-4H3,(H,16,19)/t11-/m1/s1. The molecule has 1 aromatic carbocycles. The number of aryl methyl sites for hydroxylation is 2. The first-order valence-corrected chi connectivity index (χ1v) is 6.82. The highest BCUT2D eigenvalue weighted by Gasteiger charge is 2.15. The Morgan fingerprint density at radius 2 is 2.11 bits per heavy atom. The second-order valence-electron chi connectivity index (χ2n) is 4.64. The first kappa shape index (κ1) is 13.8. The molecule has 102 valence electrons. The fraction of sp³-hybridized carbons (Fsp3) is 0.429. The number of H-pyrrole nitrogens is 1. The van der Waals surface area contributed by atoms with Gasteiger partial charge in [-0.1, -0.05) is 6.07 Å². The van der Waals surface area contributed by atoms with E-state index in [2.05, 4.69) is 30.1 Å². The Bertz CT molecular complexity index is 630. The number of benzene rings is 1. The van der Waals surface area contributed by atoms with Crippen LogP contribution in [-0.2, 0) is 6.54 Å². The predicted octanol–water partition coefficient (Wildman–Crippen LogP) is 3.72. The van der Waals surface area contributed by atoms with E-state index in [9.17, 15) is 0 Å². The highest BCUT2D eigenvalue weighted by Crippen LogP contribution is 2.22. The number of aromatic nitrogens is 3. The quantitative estimate of drug-likeness (QED) is 0.866. The van der Waals surface area contributed by atoms with Crippen molar-refractivity contribution in [1.29, 1.82) is 0 Å². The summed E-state index contributed by atoms with van der Waals surface area (Å²) in [6, 6.07) is 6.09. The van der Waals surface area contributed by atoms with Gasteiger partial charge in [-0.2, -0.15) is 5.10 Å². The van der Waals surface area contributed by atoms with Crippen molar-refractivity contribution in [3.8, 4) is 5.75 Å². The molecule has 19 heavy (non-hydrogen) atoms. The molecule has 0 unspecified atom stereocenters. The molecule has 0 radical (unpaired) electrons. The van der Waals surface area contributed by atoms with Crippen molar-refractivity contribution in [2.45, 2.75) is 40.3 Å². The number of ether oxygens (including phenoxy) is 1. The molecular weight excluding hydrogens is 258 g/mol. The van der Waals surface area contributed by atoms with Crippen LogP contribution in [0.4, 0.5) is 0 Å². The fourth-order valence-corrected chi connectivity index (χ4v) is 2.26. The van der Waals surface area contributed by atoms with Crippen LogP contribution in [0.2, 0.25) is 0 Å². The molecule has 1 aromatic heterocycles. The van der Waals surface area contributed by atoms with E-state index in [1.807, 2.05) is 30.5 Å². The molecule has 0 aliphatic rings. The van der Waals surface area contributed by atoms with Crippen molar-refractivity contribution in [3.63, 3.8) is 0 Å². The number of nitrogens with zero attached hydrogens (tertiary/aromatic N) is 2. The third-order valence-electron chi connectivity index (χ3n) is 3.26. The average molecular weight is 277 g/mol. The summed E-state index contributed by atoms with van der Waals surface area (Å²) in [6.07, 6.45) is -0.144. The number of nitrogens with one attached hydrogen (secondary N) is 1. The molecule has 4 nitrogen and oxygen atoms in total. The lowest BCUT2D eigenvalue weighted by Crippen LogP contribution is -2.11. The van der Waals surface area contributed by atoms with Crippen LogP contribution >= 0.6 is 12.2 Å². The maximum atomic E-state index is 5.94. The molecule has 1 heterocycles. The van der Waals surface area contributed by atoms with Crippen LogP contribution in [0.25, 0.3) is 0 Å². The maximum Gasteiger partial charge on any atom is 0.195 e. The Hall–Kier alpha value is -1.62. The largest absolute Gasteiger partial charge is 0.483 e. The van der Waals surface area contributed by atoms with Gasteiger partial charge in [-0.3, -0.25) is 5.10 Å². The molecule has 0 bridgehead atoms. The van der Waals surface area contributed by atoms with E-state index in [-0.39, 0.29) is 6.10 Å². The molecule has 0 amide bonds. The van der Waals surface area contributed by atoms with Crippen molar-refractivity contribution in [2.75, 3.05) is 0 Å². The van der Waals surface area contributed by atoms with Crippen LogP contribution in [0.1, 0.15) is 36.9 Å². The summed E-state index contributed by atoms with van der Waals surface area (Å²) in [5, 5.41) is 7.05. The van der Waals surface area contributed by atoms with Crippen LogP contribution in [0.5, 0.6) is 5.75 Å². The Balaban J connectivity index is 2.22. The van der Waals surface area contributed by atoms with Crippen molar-refractivity contribution in [3.05, 3.63) is 39.9 Å². The molecule has 0 aliphatic carbocycles. The number of hydrogen-bond acceptors (Lipinski definition) is 3. The number of aromatic amines is 1. The highest BCUT2D eigenvalue weighted by molar-refractivity contribution is 7.71. The maximum absolute atomic E-state index is 5.94. The van der Waals surface area contributed by atoms with Gasteiger partial charge in [0.05, 0.1) is 0 Å². The third-order valence-corrected chi connectivity index (χ3v) is 3.57. The second-order valence-corrected chi connectivity index (χ2v) is 5.02. The smallest absolute Gasteiger partial charge is 0.195 e. The molecule has 0 spiro atoms. The van der Waals surface area contributed by atoms with E-state index in [1.165, 1.54) is 11.1 Å². The SMILES string of the molecule is CCn1c([C@@H](C)Oc2ccc(C)c(C)c2)n[nH]c1=S. The van der Waals surface area contributed by atoms with Crippen LogP contribution in [-0.4, -0.2) is 14.8 Å². The van der Waals surface area contributed by atoms with Crippen LogP contribution in [0.3, 0.4) is 0 Å². The topological polar surface area (TPSA) is 42.8 Å².